The van der Waals surface area contributed by atoms with Gasteiger partial charge in [-0.05, 0) is 32.7 Å². The Morgan fingerprint density at radius 2 is 2.24 bits per heavy atom. The van der Waals surface area contributed by atoms with Crippen molar-refractivity contribution >= 4 is 0 Å². The van der Waals surface area contributed by atoms with Gasteiger partial charge in [0, 0.05) is 26.8 Å². The number of methoxy groups -OCH3 is 1. The van der Waals surface area contributed by atoms with Crippen molar-refractivity contribution < 1.29 is 9.47 Å². The van der Waals surface area contributed by atoms with Crippen LogP contribution in [0.2, 0.25) is 0 Å². The number of ether oxygens (including phenoxy) is 2. The second-order valence-electron chi connectivity index (χ2n) is 5.22. The van der Waals surface area contributed by atoms with Crippen LogP contribution in [0.25, 0.3) is 0 Å². The average Bonchev–Trinajstić information content (AvgIpc) is 2.37. The van der Waals surface area contributed by atoms with Crippen molar-refractivity contribution in [1.82, 2.24) is 4.90 Å². The first-order valence-corrected chi connectivity index (χ1v) is 6.72. The molecule has 2 N–H and O–H groups in total. The van der Waals surface area contributed by atoms with Gasteiger partial charge < -0.3 is 15.2 Å². The lowest BCUT2D eigenvalue weighted by Crippen LogP contribution is -2.58. The second kappa shape index (κ2) is 7.31. The molecule has 1 fully saturated rings. The van der Waals surface area contributed by atoms with Crippen molar-refractivity contribution in [3.8, 4) is 0 Å². The third-order valence-corrected chi connectivity index (χ3v) is 3.59. The zero-order chi connectivity index (χ0) is 12.7. The molecule has 2 atom stereocenters. The average molecular weight is 244 g/mol. The van der Waals surface area contributed by atoms with E-state index in [9.17, 15) is 0 Å². The van der Waals surface area contributed by atoms with Gasteiger partial charge in [0.25, 0.3) is 0 Å². The van der Waals surface area contributed by atoms with Crippen molar-refractivity contribution in [2.75, 3.05) is 40.0 Å². The van der Waals surface area contributed by atoms with Crippen LogP contribution in [0, 0.1) is 0 Å². The lowest BCUT2D eigenvalue weighted by atomic mass is 9.96. The molecule has 4 heteroatoms. The highest BCUT2D eigenvalue weighted by molar-refractivity contribution is 4.90. The minimum Gasteiger partial charge on any atom is -0.383 e. The number of nitrogens with two attached hydrogens (primary N) is 1. The lowest BCUT2D eigenvalue weighted by molar-refractivity contribution is -0.0509. The summed E-state index contributed by atoms with van der Waals surface area (Å²) in [5.41, 5.74) is 5.85. The number of rotatable bonds is 7. The van der Waals surface area contributed by atoms with Gasteiger partial charge in [0.1, 0.15) is 0 Å². The SMILES string of the molecule is CCCOC1CCCN(C(C)(CN)COC)C1. The summed E-state index contributed by atoms with van der Waals surface area (Å²) in [6.45, 7) is 8.59. The first-order chi connectivity index (χ1) is 8.16. The fourth-order valence-corrected chi connectivity index (χ4v) is 2.44. The van der Waals surface area contributed by atoms with Crippen molar-refractivity contribution in [3.63, 3.8) is 0 Å². The van der Waals surface area contributed by atoms with E-state index in [-0.39, 0.29) is 5.54 Å². The van der Waals surface area contributed by atoms with E-state index in [0.29, 0.717) is 19.3 Å². The summed E-state index contributed by atoms with van der Waals surface area (Å²) in [7, 11) is 1.74. The molecule has 0 radical (unpaired) electrons. The summed E-state index contributed by atoms with van der Waals surface area (Å²) < 4.78 is 11.2. The zero-order valence-electron chi connectivity index (χ0n) is 11.6. The van der Waals surface area contributed by atoms with E-state index >= 15 is 0 Å². The lowest BCUT2D eigenvalue weighted by Gasteiger charge is -2.44. The molecule has 0 aromatic heterocycles. The molecule has 0 spiro atoms. The van der Waals surface area contributed by atoms with Gasteiger partial charge in [0.2, 0.25) is 0 Å². The van der Waals surface area contributed by atoms with Crippen LogP contribution in [0.15, 0.2) is 0 Å². The molecule has 1 aliphatic heterocycles. The van der Waals surface area contributed by atoms with Gasteiger partial charge >= 0.3 is 0 Å². The minimum absolute atomic E-state index is 0.0526. The Labute approximate surface area is 105 Å². The molecule has 0 bridgehead atoms. The van der Waals surface area contributed by atoms with Gasteiger partial charge in [0.05, 0.1) is 18.2 Å². The second-order valence-corrected chi connectivity index (χ2v) is 5.22. The molecule has 4 nitrogen and oxygen atoms in total. The highest BCUT2D eigenvalue weighted by Gasteiger charge is 2.34. The van der Waals surface area contributed by atoms with E-state index < -0.39 is 0 Å². The number of hydrogen-bond acceptors (Lipinski definition) is 4. The van der Waals surface area contributed by atoms with Gasteiger partial charge in [0.15, 0.2) is 0 Å². The van der Waals surface area contributed by atoms with Crippen LogP contribution in [-0.2, 0) is 9.47 Å². The van der Waals surface area contributed by atoms with Gasteiger partial charge in [-0.25, -0.2) is 0 Å². The fourth-order valence-electron chi connectivity index (χ4n) is 2.44. The fraction of sp³-hybridized carbons (Fsp3) is 1.00. The smallest absolute Gasteiger partial charge is 0.0702 e. The van der Waals surface area contributed by atoms with E-state index in [1.165, 1.54) is 12.8 Å². The van der Waals surface area contributed by atoms with Crippen molar-refractivity contribution in [1.29, 1.82) is 0 Å². The topological polar surface area (TPSA) is 47.7 Å². The van der Waals surface area contributed by atoms with Gasteiger partial charge in [-0.1, -0.05) is 6.92 Å². The van der Waals surface area contributed by atoms with E-state index in [0.717, 1.165) is 26.1 Å². The predicted octanol–water partition coefficient (Wildman–Crippen LogP) is 1.24. The maximum Gasteiger partial charge on any atom is 0.0702 e. The molecule has 2 unspecified atom stereocenters. The highest BCUT2D eigenvalue weighted by atomic mass is 16.5. The summed E-state index contributed by atoms with van der Waals surface area (Å²) in [5, 5.41) is 0. The maximum absolute atomic E-state index is 5.91. The largest absolute Gasteiger partial charge is 0.383 e. The molecule has 0 aromatic rings. The first kappa shape index (κ1) is 14.9. The summed E-state index contributed by atoms with van der Waals surface area (Å²) in [6, 6.07) is 0. The van der Waals surface area contributed by atoms with Crippen molar-refractivity contribution in [2.45, 2.75) is 44.8 Å². The van der Waals surface area contributed by atoms with E-state index in [2.05, 4.69) is 18.7 Å². The molecular weight excluding hydrogens is 216 g/mol. The number of likely N-dealkylation sites (tertiary alicyclic amines) is 1. The Hall–Kier alpha value is -0.160. The molecule has 1 rings (SSSR count). The van der Waals surface area contributed by atoms with Gasteiger partial charge in [-0.2, -0.15) is 0 Å². The Morgan fingerprint density at radius 3 is 2.82 bits per heavy atom. The van der Waals surface area contributed by atoms with E-state index in [1.54, 1.807) is 7.11 Å². The van der Waals surface area contributed by atoms with Crippen LogP contribution in [0.5, 0.6) is 0 Å². The molecule has 1 aliphatic rings. The maximum atomic E-state index is 5.91. The Kier molecular flexibility index (Phi) is 6.41. The van der Waals surface area contributed by atoms with Crippen LogP contribution >= 0.6 is 0 Å². The zero-order valence-corrected chi connectivity index (χ0v) is 11.6. The third kappa shape index (κ3) is 4.21. The molecular formula is C13H28N2O2. The van der Waals surface area contributed by atoms with Gasteiger partial charge in [-0.15, -0.1) is 0 Å². The summed E-state index contributed by atoms with van der Waals surface area (Å²) in [5.74, 6) is 0. The summed E-state index contributed by atoms with van der Waals surface area (Å²) in [6.07, 6.45) is 3.81. The monoisotopic (exact) mass is 244 g/mol. The molecule has 0 aliphatic carbocycles. The minimum atomic E-state index is -0.0526. The van der Waals surface area contributed by atoms with Crippen LogP contribution in [0.1, 0.15) is 33.1 Å². The Morgan fingerprint density at radius 1 is 1.47 bits per heavy atom. The molecule has 0 saturated carbocycles. The van der Waals surface area contributed by atoms with Crippen LogP contribution in [0.3, 0.4) is 0 Å². The van der Waals surface area contributed by atoms with Gasteiger partial charge in [-0.3, -0.25) is 4.90 Å². The number of hydrogen-bond donors (Lipinski definition) is 1. The molecule has 17 heavy (non-hydrogen) atoms. The standard InChI is InChI=1S/C13H28N2O2/c1-4-8-17-12-6-5-7-15(9-12)13(2,10-14)11-16-3/h12H,4-11,14H2,1-3H3. The Bertz CT molecular complexity index is 214. The predicted molar refractivity (Wildman–Crippen MR) is 70.2 cm³/mol. The number of nitrogens with zero attached hydrogens (tertiary/aromatic N) is 1. The third-order valence-electron chi connectivity index (χ3n) is 3.59. The summed E-state index contributed by atoms with van der Waals surface area (Å²) in [4.78, 5) is 2.43. The Balaban J connectivity index is 2.51. The van der Waals surface area contributed by atoms with Crippen molar-refractivity contribution in [2.24, 2.45) is 5.73 Å². The molecule has 1 saturated heterocycles. The normalized spacial score (nSPS) is 25.8. The quantitative estimate of drug-likeness (QED) is 0.732. The van der Waals surface area contributed by atoms with Crippen LogP contribution < -0.4 is 5.73 Å². The van der Waals surface area contributed by atoms with E-state index in [1.807, 2.05) is 0 Å². The highest BCUT2D eigenvalue weighted by Crippen LogP contribution is 2.22. The number of piperidine rings is 1. The van der Waals surface area contributed by atoms with Crippen LogP contribution in [0.4, 0.5) is 0 Å². The molecule has 0 amide bonds. The molecule has 102 valence electrons. The molecule has 1 heterocycles. The van der Waals surface area contributed by atoms with Crippen LogP contribution in [-0.4, -0.2) is 56.5 Å². The van der Waals surface area contributed by atoms with Crippen molar-refractivity contribution in [3.05, 3.63) is 0 Å². The summed E-state index contributed by atoms with van der Waals surface area (Å²) >= 11 is 0. The first-order valence-electron chi connectivity index (χ1n) is 6.72. The molecule has 0 aromatic carbocycles. The van der Waals surface area contributed by atoms with E-state index in [4.69, 9.17) is 15.2 Å².